The van der Waals surface area contributed by atoms with Crippen molar-refractivity contribution in [1.29, 1.82) is 0 Å². The predicted molar refractivity (Wildman–Crippen MR) is 92.5 cm³/mol. The van der Waals surface area contributed by atoms with Crippen LogP contribution in [0.5, 0.6) is 0 Å². The fourth-order valence-electron chi connectivity index (χ4n) is 2.36. The molecule has 0 aliphatic heterocycles. The van der Waals surface area contributed by atoms with Gasteiger partial charge in [-0.05, 0) is 38.1 Å². The number of likely N-dealkylation sites (N-methyl/N-ethyl adjacent to an activating group) is 1. The number of nitrogens with zero attached hydrogens (tertiary/aromatic N) is 2. The number of hydrogen-bond acceptors (Lipinski definition) is 4. The van der Waals surface area contributed by atoms with E-state index in [2.05, 4.69) is 74.3 Å². The lowest BCUT2D eigenvalue weighted by Gasteiger charge is -2.19. The molecule has 0 radical (unpaired) electrons. The van der Waals surface area contributed by atoms with Crippen molar-refractivity contribution in [2.45, 2.75) is 33.2 Å². The molecule has 0 saturated carbocycles. The number of aryl methyl sites for hydroxylation is 2. The summed E-state index contributed by atoms with van der Waals surface area (Å²) in [5, 5.41) is 4.79. The Morgan fingerprint density at radius 1 is 1.19 bits per heavy atom. The Bertz CT molecular complexity index is 553. The Kier molecular flexibility index (Phi) is 5.37. The van der Waals surface area contributed by atoms with Gasteiger partial charge in [0.25, 0.3) is 0 Å². The molecule has 0 bridgehead atoms. The van der Waals surface area contributed by atoms with Crippen LogP contribution in [0.2, 0.25) is 0 Å². The average molecular weight is 303 g/mol. The van der Waals surface area contributed by atoms with Crippen molar-refractivity contribution in [3.63, 3.8) is 0 Å². The summed E-state index contributed by atoms with van der Waals surface area (Å²) in [6.45, 7) is 7.34. The quantitative estimate of drug-likeness (QED) is 0.881. The third-order valence-corrected chi connectivity index (χ3v) is 4.81. The number of thiazole rings is 1. The maximum absolute atomic E-state index is 4.67. The van der Waals surface area contributed by atoms with Gasteiger partial charge in [0.15, 0.2) is 0 Å². The summed E-state index contributed by atoms with van der Waals surface area (Å²) < 4.78 is 0. The minimum atomic E-state index is 0.330. The standard InChI is InChI=1S/C17H25N3S/c1-6-18-16(11-17-19-12(2)13(3)21-17)14-7-9-15(10-8-14)20(4)5/h7-10,16,18H,6,11H2,1-5H3. The fourth-order valence-corrected chi connectivity index (χ4v) is 3.34. The summed E-state index contributed by atoms with van der Waals surface area (Å²) >= 11 is 1.81. The minimum absolute atomic E-state index is 0.330. The molecular formula is C17H25N3S. The number of rotatable bonds is 6. The predicted octanol–water partition coefficient (Wildman–Crippen LogP) is 3.72. The first kappa shape index (κ1) is 16.0. The van der Waals surface area contributed by atoms with Crippen molar-refractivity contribution < 1.29 is 0 Å². The second-order valence-electron chi connectivity index (χ2n) is 5.55. The summed E-state index contributed by atoms with van der Waals surface area (Å²) in [4.78, 5) is 8.12. The monoisotopic (exact) mass is 303 g/mol. The molecule has 114 valence electrons. The summed E-state index contributed by atoms with van der Waals surface area (Å²) in [5.41, 5.74) is 3.72. The number of aromatic nitrogens is 1. The lowest BCUT2D eigenvalue weighted by Crippen LogP contribution is -2.23. The van der Waals surface area contributed by atoms with Gasteiger partial charge in [-0.1, -0.05) is 19.1 Å². The van der Waals surface area contributed by atoms with Gasteiger partial charge in [-0.25, -0.2) is 4.98 Å². The van der Waals surface area contributed by atoms with Crippen LogP contribution in [0.15, 0.2) is 24.3 Å². The van der Waals surface area contributed by atoms with Crippen LogP contribution in [0.3, 0.4) is 0 Å². The Morgan fingerprint density at radius 2 is 1.86 bits per heavy atom. The molecule has 0 saturated heterocycles. The maximum atomic E-state index is 4.67. The highest BCUT2D eigenvalue weighted by molar-refractivity contribution is 7.11. The van der Waals surface area contributed by atoms with Gasteiger partial charge in [0.05, 0.1) is 10.7 Å². The third kappa shape index (κ3) is 4.05. The van der Waals surface area contributed by atoms with E-state index >= 15 is 0 Å². The van der Waals surface area contributed by atoms with Crippen LogP contribution in [0.25, 0.3) is 0 Å². The number of benzene rings is 1. The second kappa shape index (κ2) is 7.05. The first-order valence-electron chi connectivity index (χ1n) is 7.44. The van der Waals surface area contributed by atoms with Crippen molar-refractivity contribution in [3.05, 3.63) is 45.4 Å². The molecule has 0 aliphatic rings. The molecule has 4 heteroatoms. The molecule has 3 nitrogen and oxygen atoms in total. The van der Waals surface area contributed by atoms with E-state index in [4.69, 9.17) is 0 Å². The summed E-state index contributed by atoms with van der Waals surface area (Å²) in [6.07, 6.45) is 0.953. The van der Waals surface area contributed by atoms with Crippen molar-refractivity contribution in [2.75, 3.05) is 25.5 Å². The van der Waals surface area contributed by atoms with Crippen LogP contribution in [0.4, 0.5) is 5.69 Å². The van der Waals surface area contributed by atoms with Gasteiger partial charge in [0.1, 0.15) is 0 Å². The SMILES string of the molecule is CCNC(Cc1nc(C)c(C)s1)c1ccc(N(C)C)cc1. The molecule has 1 heterocycles. The smallest absolute Gasteiger partial charge is 0.0949 e. The van der Waals surface area contributed by atoms with Crippen molar-refractivity contribution in [3.8, 4) is 0 Å². The molecule has 2 aromatic rings. The molecule has 0 amide bonds. The fraction of sp³-hybridized carbons (Fsp3) is 0.471. The Labute approximate surface area is 132 Å². The van der Waals surface area contributed by atoms with E-state index in [0.717, 1.165) is 18.7 Å². The highest BCUT2D eigenvalue weighted by atomic mass is 32.1. The summed E-state index contributed by atoms with van der Waals surface area (Å²) in [7, 11) is 4.13. The molecule has 0 fully saturated rings. The summed E-state index contributed by atoms with van der Waals surface area (Å²) in [5.74, 6) is 0. The summed E-state index contributed by atoms with van der Waals surface area (Å²) in [6, 6.07) is 9.12. The lowest BCUT2D eigenvalue weighted by molar-refractivity contribution is 0.548. The van der Waals surface area contributed by atoms with Crippen LogP contribution in [-0.4, -0.2) is 25.6 Å². The highest BCUT2D eigenvalue weighted by Gasteiger charge is 2.14. The van der Waals surface area contributed by atoms with E-state index in [1.807, 2.05) is 11.3 Å². The van der Waals surface area contributed by atoms with Crippen LogP contribution in [0.1, 0.15) is 34.1 Å². The zero-order valence-electron chi connectivity index (χ0n) is 13.6. The molecular weight excluding hydrogens is 278 g/mol. The molecule has 1 unspecified atom stereocenters. The topological polar surface area (TPSA) is 28.2 Å². The molecule has 0 spiro atoms. The molecule has 0 aliphatic carbocycles. The normalized spacial score (nSPS) is 12.4. The van der Waals surface area contributed by atoms with E-state index in [1.165, 1.54) is 21.1 Å². The van der Waals surface area contributed by atoms with Crippen LogP contribution in [0, 0.1) is 13.8 Å². The van der Waals surface area contributed by atoms with Crippen molar-refractivity contribution in [2.24, 2.45) is 0 Å². The van der Waals surface area contributed by atoms with Gasteiger partial charge in [0, 0.05) is 37.1 Å². The first-order chi connectivity index (χ1) is 10.0. The lowest BCUT2D eigenvalue weighted by atomic mass is 10.0. The van der Waals surface area contributed by atoms with Gasteiger partial charge in [0.2, 0.25) is 0 Å². The van der Waals surface area contributed by atoms with Crippen LogP contribution in [-0.2, 0) is 6.42 Å². The first-order valence-corrected chi connectivity index (χ1v) is 8.26. The minimum Gasteiger partial charge on any atom is -0.378 e. The number of anilines is 1. The highest BCUT2D eigenvalue weighted by Crippen LogP contribution is 2.25. The molecule has 2 rings (SSSR count). The van der Waals surface area contributed by atoms with E-state index in [-0.39, 0.29) is 0 Å². The zero-order chi connectivity index (χ0) is 15.4. The Hall–Kier alpha value is -1.39. The molecule has 1 atom stereocenters. The third-order valence-electron chi connectivity index (χ3n) is 3.71. The van der Waals surface area contributed by atoms with Gasteiger partial charge in [-0.3, -0.25) is 0 Å². The van der Waals surface area contributed by atoms with Crippen LogP contribution >= 0.6 is 11.3 Å². The largest absolute Gasteiger partial charge is 0.378 e. The van der Waals surface area contributed by atoms with Gasteiger partial charge in [-0.15, -0.1) is 11.3 Å². The molecule has 1 N–H and O–H groups in total. The molecule has 1 aromatic heterocycles. The van der Waals surface area contributed by atoms with Gasteiger partial charge < -0.3 is 10.2 Å². The van der Waals surface area contributed by atoms with Gasteiger partial charge >= 0.3 is 0 Å². The van der Waals surface area contributed by atoms with Crippen molar-refractivity contribution in [1.82, 2.24) is 10.3 Å². The van der Waals surface area contributed by atoms with E-state index < -0.39 is 0 Å². The van der Waals surface area contributed by atoms with Gasteiger partial charge in [-0.2, -0.15) is 0 Å². The number of nitrogens with one attached hydrogen (secondary N) is 1. The Morgan fingerprint density at radius 3 is 2.33 bits per heavy atom. The molecule has 1 aromatic carbocycles. The Balaban J connectivity index is 2.17. The van der Waals surface area contributed by atoms with E-state index in [9.17, 15) is 0 Å². The maximum Gasteiger partial charge on any atom is 0.0949 e. The van der Waals surface area contributed by atoms with E-state index in [1.54, 1.807) is 0 Å². The van der Waals surface area contributed by atoms with Crippen molar-refractivity contribution >= 4 is 17.0 Å². The zero-order valence-corrected chi connectivity index (χ0v) is 14.4. The average Bonchev–Trinajstić information content (AvgIpc) is 2.77. The second-order valence-corrected chi connectivity index (χ2v) is 6.84. The molecule has 21 heavy (non-hydrogen) atoms. The van der Waals surface area contributed by atoms with Crippen LogP contribution < -0.4 is 10.2 Å². The number of hydrogen-bond donors (Lipinski definition) is 1. The van der Waals surface area contributed by atoms with E-state index in [0.29, 0.717) is 6.04 Å².